The monoisotopic (exact) mass is 455 g/mol. The average molecular weight is 455 g/mol. The van der Waals surface area contributed by atoms with Gasteiger partial charge in [-0.15, -0.1) is 0 Å². The summed E-state index contributed by atoms with van der Waals surface area (Å²) in [6.07, 6.45) is -4.91. The molecule has 0 heterocycles. The Bertz CT molecular complexity index is 673. The van der Waals surface area contributed by atoms with Crippen molar-refractivity contribution in [2.45, 2.75) is 51.8 Å². The van der Waals surface area contributed by atoms with Crippen LogP contribution in [-0.2, 0) is 56.5 Å². The summed E-state index contributed by atoms with van der Waals surface area (Å²) in [6.45, 7) is 3.52. The molecule has 0 saturated heterocycles. The van der Waals surface area contributed by atoms with E-state index >= 15 is 0 Å². The van der Waals surface area contributed by atoms with E-state index in [1.807, 2.05) is 0 Å². The lowest BCUT2D eigenvalue weighted by Crippen LogP contribution is -2.56. The van der Waals surface area contributed by atoms with Gasteiger partial charge in [-0.25, -0.2) is 0 Å². The molecule has 1 amide bonds. The second-order valence-corrected chi connectivity index (χ2v) is 8.14. The summed E-state index contributed by atoms with van der Waals surface area (Å²) in [5.41, 5.74) is 0. The molecule has 172 valence electrons. The van der Waals surface area contributed by atoms with Gasteiger partial charge in [0.25, 0.3) is 6.47 Å². The smallest absolute Gasteiger partial charge is 0.356 e. The second kappa shape index (κ2) is 12.9. The van der Waals surface area contributed by atoms with Gasteiger partial charge in [0.05, 0.1) is 0 Å². The molecule has 0 aliphatic heterocycles. The third-order valence-corrected chi connectivity index (χ3v) is 5.61. The van der Waals surface area contributed by atoms with E-state index in [-0.39, 0.29) is 6.47 Å². The Labute approximate surface area is 173 Å². The van der Waals surface area contributed by atoms with Crippen molar-refractivity contribution in [3.05, 3.63) is 0 Å². The van der Waals surface area contributed by atoms with Crippen LogP contribution >= 0.6 is 7.60 Å². The molecule has 13 nitrogen and oxygen atoms in total. The van der Waals surface area contributed by atoms with E-state index in [2.05, 4.69) is 5.32 Å². The summed E-state index contributed by atoms with van der Waals surface area (Å²) in [5, 5.41) is 2.27. The molecule has 1 N–H and O–H groups in total. The van der Waals surface area contributed by atoms with Crippen LogP contribution in [0.1, 0.15) is 27.7 Å². The molecule has 0 saturated carbocycles. The number of carbonyl (C=O) groups excluding carboxylic acids is 5. The largest absolute Gasteiger partial charge is 0.462 e. The highest BCUT2D eigenvalue weighted by molar-refractivity contribution is 7.54. The van der Waals surface area contributed by atoms with Crippen molar-refractivity contribution >= 4 is 37.9 Å². The predicted octanol–water partition coefficient (Wildman–Crippen LogP) is -0.0974. The molecule has 14 heteroatoms. The number of esters is 3. The Morgan fingerprint density at radius 3 is 1.77 bits per heavy atom. The molecule has 0 aromatic rings. The zero-order valence-electron chi connectivity index (χ0n) is 17.4. The average Bonchev–Trinajstić information content (AvgIpc) is 2.65. The van der Waals surface area contributed by atoms with E-state index in [1.165, 1.54) is 0 Å². The number of hydrogen-bond donors (Lipinski definition) is 1. The van der Waals surface area contributed by atoms with Crippen LogP contribution in [0, 0.1) is 0 Å². The summed E-state index contributed by atoms with van der Waals surface area (Å²) in [4.78, 5) is 57.3. The highest BCUT2D eigenvalue weighted by Crippen LogP contribution is 2.53. The highest BCUT2D eigenvalue weighted by Gasteiger charge is 2.50. The van der Waals surface area contributed by atoms with Gasteiger partial charge in [0.15, 0.2) is 24.1 Å². The summed E-state index contributed by atoms with van der Waals surface area (Å²) >= 11 is 0. The van der Waals surface area contributed by atoms with Gasteiger partial charge in [0, 0.05) is 41.9 Å². The van der Waals surface area contributed by atoms with Crippen LogP contribution in [0.2, 0.25) is 0 Å². The normalized spacial score (nSPS) is 15.0. The fourth-order valence-electron chi connectivity index (χ4n) is 2.38. The summed E-state index contributed by atoms with van der Waals surface area (Å²) in [5.74, 6) is -5.00. The van der Waals surface area contributed by atoms with Gasteiger partial charge >= 0.3 is 25.5 Å². The molecule has 0 aromatic heterocycles. The van der Waals surface area contributed by atoms with Crippen LogP contribution in [0.4, 0.5) is 0 Å². The van der Waals surface area contributed by atoms with Crippen molar-refractivity contribution in [3.8, 4) is 0 Å². The first kappa shape index (κ1) is 27.5. The number of carbonyl (C=O) groups is 5. The SMILES string of the molecule is COP(=O)(OC)[C@@H](NC(C)=O)[C@@H](OC(C)=O)[C@H](OC(C)=O)[C@@H](COC(C)=O)OC=O. The van der Waals surface area contributed by atoms with Gasteiger partial charge in [0.1, 0.15) is 6.61 Å². The van der Waals surface area contributed by atoms with Crippen molar-refractivity contribution in [1.82, 2.24) is 5.32 Å². The first-order chi connectivity index (χ1) is 13.9. The summed E-state index contributed by atoms with van der Waals surface area (Å²) in [7, 11) is -2.17. The zero-order valence-corrected chi connectivity index (χ0v) is 18.3. The minimum atomic E-state index is -4.20. The molecule has 0 aliphatic rings. The van der Waals surface area contributed by atoms with Crippen LogP contribution in [0.5, 0.6) is 0 Å². The van der Waals surface area contributed by atoms with Crippen LogP contribution in [-0.4, -0.2) is 75.2 Å². The number of rotatable bonds is 13. The van der Waals surface area contributed by atoms with Gasteiger partial charge in [-0.3, -0.25) is 28.5 Å². The van der Waals surface area contributed by atoms with Crippen molar-refractivity contribution < 1.29 is 56.5 Å². The van der Waals surface area contributed by atoms with Crippen LogP contribution in [0.3, 0.4) is 0 Å². The van der Waals surface area contributed by atoms with Crippen molar-refractivity contribution in [3.63, 3.8) is 0 Å². The van der Waals surface area contributed by atoms with E-state index in [4.69, 9.17) is 28.0 Å². The Morgan fingerprint density at radius 1 is 0.900 bits per heavy atom. The molecule has 0 unspecified atom stereocenters. The molecule has 4 atom stereocenters. The number of hydrogen-bond acceptors (Lipinski definition) is 12. The molecule has 0 radical (unpaired) electrons. The lowest BCUT2D eigenvalue weighted by Gasteiger charge is -2.37. The second-order valence-electron chi connectivity index (χ2n) is 5.77. The fourth-order valence-corrected chi connectivity index (χ4v) is 3.92. The van der Waals surface area contributed by atoms with E-state index < -0.39 is 62.1 Å². The third-order valence-electron chi connectivity index (χ3n) is 3.49. The lowest BCUT2D eigenvalue weighted by atomic mass is 10.1. The molecular weight excluding hydrogens is 429 g/mol. The summed E-state index contributed by atoms with van der Waals surface area (Å²) < 4.78 is 42.8. The van der Waals surface area contributed by atoms with Gasteiger partial charge in [-0.05, 0) is 0 Å². The molecule has 0 bridgehead atoms. The molecule has 0 fully saturated rings. The molecular formula is C16H26NO12P. The van der Waals surface area contributed by atoms with Crippen molar-refractivity contribution in [1.29, 1.82) is 0 Å². The minimum Gasteiger partial charge on any atom is -0.462 e. The standard InChI is InChI=1S/C16H26NO12P/c1-9(19)17-16(30(23,24-5)25-6)15(29-12(4)22)14(28-11(3)21)13(27-8-18)7-26-10(2)20/h8,13-16H,7H2,1-6H3,(H,17,19)/t13-,14-,15+,16-/m1/s1. The topological polar surface area (TPSA) is 170 Å². The number of ether oxygens (including phenoxy) is 4. The van der Waals surface area contributed by atoms with E-state index in [9.17, 15) is 28.5 Å². The summed E-state index contributed by atoms with van der Waals surface area (Å²) in [6, 6.07) is 0. The first-order valence-electron chi connectivity index (χ1n) is 8.47. The first-order valence-corrected chi connectivity index (χ1v) is 10.1. The fraction of sp³-hybridized carbons (Fsp3) is 0.688. The molecule has 0 aliphatic carbocycles. The lowest BCUT2D eigenvalue weighted by molar-refractivity contribution is -0.186. The highest BCUT2D eigenvalue weighted by atomic mass is 31.2. The van der Waals surface area contributed by atoms with Gasteiger partial charge in [-0.2, -0.15) is 0 Å². The zero-order chi connectivity index (χ0) is 23.5. The van der Waals surface area contributed by atoms with Crippen molar-refractivity contribution in [2.75, 3.05) is 20.8 Å². The molecule has 30 heavy (non-hydrogen) atoms. The maximum Gasteiger partial charge on any atom is 0.356 e. The molecule has 0 aromatic carbocycles. The van der Waals surface area contributed by atoms with Gasteiger partial charge in [-0.1, -0.05) is 0 Å². The Kier molecular flexibility index (Phi) is 11.9. The van der Waals surface area contributed by atoms with Gasteiger partial charge in [0.2, 0.25) is 5.91 Å². The van der Waals surface area contributed by atoms with Crippen LogP contribution in [0.15, 0.2) is 0 Å². The predicted molar refractivity (Wildman–Crippen MR) is 97.9 cm³/mol. The Morgan fingerprint density at radius 2 is 1.40 bits per heavy atom. The van der Waals surface area contributed by atoms with E-state index in [0.717, 1.165) is 41.9 Å². The molecule has 0 rings (SSSR count). The molecule has 0 spiro atoms. The van der Waals surface area contributed by atoms with E-state index in [1.54, 1.807) is 0 Å². The van der Waals surface area contributed by atoms with Crippen LogP contribution in [0.25, 0.3) is 0 Å². The number of nitrogens with one attached hydrogen (secondary N) is 1. The van der Waals surface area contributed by atoms with E-state index in [0.29, 0.717) is 0 Å². The Balaban J connectivity index is 6.51. The quantitative estimate of drug-likeness (QED) is 0.170. The van der Waals surface area contributed by atoms with Crippen LogP contribution < -0.4 is 5.32 Å². The maximum atomic E-state index is 13.1. The Hall–Kier alpha value is -2.50. The van der Waals surface area contributed by atoms with Crippen molar-refractivity contribution in [2.24, 2.45) is 0 Å². The third kappa shape index (κ3) is 8.89. The van der Waals surface area contributed by atoms with Gasteiger partial charge < -0.3 is 33.3 Å². The number of amides is 1. The minimum absolute atomic E-state index is 0.0187. The maximum absolute atomic E-state index is 13.1.